The molecule has 0 aliphatic rings. The summed E-state index contributed by atoms with van der Waals surface area (Å²) in [6.07, 6.45) is -1.53. The van der Waals surface area contributed by atoms with E-state index in [-0.39, 0.29) is 0 Å². The Labute approximate surface area is 210 Å². The van der Waals surface area contributed by atoms with E-state index in [1.807, 2.05) is 96.3 Å². The number of aromatic nitrogens is 1. The maximum absolute atomic E-state index is 8.91. The highest BCUT2D eigenvalue weighted by Gasteiger charge is 2.25. The molecule has 0 atom stereocenters. The SMILES string of the molecule is [2H]C([2H])(c1cc(C)[n+](C)c(-c2c(C)ccc3c2oc2c([N+]#[C-])c(-c4ccccc4)ccc23)c1)C(C)(C)C. The molecule has 0 fully saturated rings. The van der Waals surface area contributed by atoms with Gasteiger partial charge in [0.05, 0.1) is 12.1 Å². The predicted molar refractivity (Wildman–Crippen MR) is 145 cm³/mol. The van der Waals surface area contributed by atoms with Crippen LogP contribution in [0.4, 0.5) is 5.69 Å². The molecule has 0 spiro atoms. The molecule has 0 bridgehead atoms. The third kappa shape index (κ3) is 4.00. The zero-order valence-electron chi connectivity index (χ0n) is 23.2. The first-order chi connectivity index (χ1) is 17.5. The third-order valence-electron chi connectivity index (χ3n) is 6.51. The van der Waals surface area contributed by atoms with Crippen molar-refractivity contribution in [3.63, 3.8) is 0 Å². The van der Waals surface area contributed by atoms with E-state index in [9.17, 15) is 0 Å². The number of hydrogen-bond donors (Lipinski definition) is 0. The first-order valence-electron chi connectivity index (χ1n) is 12.9. The topological polar surface area (TPSA) is 21.4 Å². The molecule has 35 heavy (non-hydrogen) atoms. The van der Waals surface area contributed by atoms with Gasteiger partial charge < -0.3 is 4.42 Å². The zero-order valence-corrected chi connectivity index (χ0v) is 21.2. The second kappa shape index (κ2) is 8.40. The molecule has 174 valence electrons. The lowest BCUT2D eigenvalue weighted by molar-refractivity contribution is -0.666. The molecule has 0 amide bonds. The summed E-state index contributed by atoms with van der Waals surface area (Å²) < 4.78 is 26.5. The van der Waals surface area contributed by atoms with Crippen LogP contribution in [0, 0.1) is 25.8 Å². The number of aryl methyl sites for hydroxylation is 2. The van der Waals surface area contributed by atoms with E-state index in [1.165, 1.54) is 0 Å². The van der Waals surface area contributed by atoms with Crippen LogP contribution in [0.3, 0.4) is 0 Å². The van der Waals surface area contributed by atoms with Gasteiger partial charge in [0, 0.05) is 32.6 Å². The lowest BCUT2D eigenvalue weighted by atomic mass is 9.87. The van der Waals surface area contributed by atoms with Crippen molar-refractivity contribution in [2.75, 3.05) is 0 Å². The van der Waals surface area contributed by atoms with Gasteiger partial charge in [-0.25, -0.2) is 4.85 Å². The Bertz CT molecular complexity index is 1720. The molecule has 0 N–H and O–H groups in total. The number of fused-ring (bicyclic) bond motifs is 3. The van der Waals surface area contributed by atoms with E-state index in [1.54, 1.807) is 0 Å². The summed E-state index contributed by atoms with van der Waals surface area (Å²) >= 11 is 0. The van der Waals surface area contributed by atoms with Gasteiger partial charge in [0.1, 0.15) is 18.2 Å². The standard InChI is InChI=1S/C32H31N2O/c1-20-13-14-25-26-16-15-24(23-11-9-8-10-12-23)29(33-6)31(26)35-30(25)28(20)27-18-22(19-32(3,4)5)17-21(2)34(27)7/h8-18H,19H2,1-5,7H3/q+1/i19D2. The quantitative estimate of drug-likeness (QED) is 0.195. The summed E-state index contributed by atoms with van der Waals surface area (Å²) in [5, 5.41) is 1.85. The van der Waals surface area contributed by atoms with Gasteiger partial charge in [0.15, 0.2) is 5.69 Å². The number of furan rings is 1. The molecule has 0 radical (unpaired) electrons. The molecule has 5 aromatic rings. The second-order valence-electron chi connectivity index (χ2n) is 10.3. The molecule has 3 heteroatoms. The lowest BCUT2D eigenvalue weighted by Crippen LogP contribution is -2.35. The zero-order chi connectivity index (χ0) is 26.7. The van der Waals surface area contributed by atoms with Gasteiger partial charge in [-0.15, -0.1) is 0 Å². The van der Waals surface area contributed by atoms with Crippen LogP contribution in [0.25, 0.3) is 49.2 Å². The van der Waals surface area contributed by atoms with Crippen molar-refractivity contribution in [2.45, 2.75) is 41.0 Å². The molecule has 3 nitrogen and oxygen atoms in total. The predicted octanol–water partition coefficient (Wildman–Crippen LogP) is 8.50. The van der Waals surface area contributed by atoms with Gasteiger partial charge in [-0.2, -0.15) is 4.57 Å². The number of rotatable bonds is 3. The van der Waals surface area contributed by atoms with E-state index < -0.39 is 11.8 Å². The molecule has 0 saturated carbocycles. The van der Waals surface area contributed by atoms with E-state index in [0.717, 1.165) is 44.4 Å². The molecular weight excluding hydrogens is 428 g/mol. The largest absolute Gasteiger partial charge is 0.466 e. The third-order valence-corrected chi connectivity index (χ3v) is 6.51. The average Bonchev–Trinajstić information content (AvgIpc) is 3.23. The number of pyridine rings is 1. The van der Waals surface area contributed by atoms with Crippen LogP contribution < -0.4 is 4.57 Å². The minimum Gasteiger partial charge on any atom is -0.466 e. The van der Waals surface area contributed by atoms with Crippen molar-refractivity contribution < 1.29 is 11.7 Å². The molecule has 0 unspecified atom stereocenters. The summed E-state index contributed by atoms with van der Waals surface area (Å²) in [6, 6.07) is 22.0. The Hall–Kier alpha value is -3.90. The van der Waals surface area contributed by atoms with Gasteiger partial charge in [0.25, 0.3) is 0 Å². The van der Waals surface area contributed by atoms with Gasteiger partial charge in [-0.05, 0) is 41.0 Å². The van der Waals surface area contributed by atoms with Crippen molar-refractivity contribution in [3.8, 4) is 22.4 Å². The highest BCUT2D eigenvalue weighted by Crippen LogP contribution is 2.44. The Balaban J connectivity index is 1.84. The fourth-order valence-electron chi connectivity index (χ4n) is 4.81. The Morgan fingerprint density at radius 3 is 2.31 bits per heavy atom. The van der Waals surface area contributed by atoms with Crippen LogP contribution in [0.1, 0.15) is 40.3 Å². The first-order valence-corrected chi connectivity index (χ1v) is 11.9. The van der Waals surface area contributed by atoms with Crippen LogP contribution in [-0.2, 0) is 13.4 Å². The number of hydrogen-bond acceptors (Lipinski definition) is 1. The maximum atomic E-state index is 8.91. The van der Waals surface area contributed by atoms with Gasteiger partial charge in [0.2, 0.25) is 11.4 Å². The van der Waals surface area contributed by atoms with E-state index >= 15 is 0 Å². The summed E-state index contributed by atoms with van der Waals surface area (Å²) in [5.74, 6) is 0. The minimum absolute atomic E-state index is 0.502. The Morgan fingerprint density at radius 1 is 0.943 bits per heavy atom. The molecule has 0 saturated heterocycles. The first kappa shape index (κ1) is 20.5. The minimum atomic E-state index is -1.53. The lowest BCUT2D eigenvalue weighted by Gasteiger charge is -2.18. The summed E-state index contributed by atoms with van der Waals surface area (Å²) in [5.41, 5.74) is 7.49. The molecule has 0 aliphatic heterocycles. The van der Waals surface area contributed by atoms with E-state index in [2.05, 4.69) is 21.5 Å². The Morgan fingerprint density at radius 2 is 1.63 bits per heavy atom. The number of nitrogens with zero attached hydrogens (tertiary/aromatic N) is 2. The fraction of sp³-hybridized carbons (Fsp3) is 0.250. The smallest absolute Gasteiger partial charge is 0.237 e. The molecule has 2 heterocycles. The summed E-state index contributed by atoms with van der Waals surface area (Å²) in [7, 11) is 2.00. The molecule has 2 aromatic heterocycles. The van der Waals surface area contributed by atoms with E-state index in [4.69, 9.17) is 13.7 Å². The van der Waals surface area contributed by atoms with Crippen molar-refractivity contribution in [2.24, 2.45) is 12.5 Å². The van der Waals surface area contributed by atoms with Crippen LogP contribution in [0.15, 0.2) is 71.1 Å². The maximum Gasteiger partial charge on any atom is 0.237 e. The van der Waals surface area contributed by atoms with Gasteiger partial charge in [-0.3, -0.25) is 0 Å². The van der Waals surface area contributed by atoms with Crippen molar-refractivity contribution >= 4 is 27.6 Å². The fourth-order valence-corrected chi connectivity index (χ4v) is 4.81. The van der Waals surface area contributed by atoms with Gasteiger partial charge >= 0.3 is 0 Å². The van der Waals surface area contributed by atoms with Crippen molar-refractivity contribution in [3.05, 3.63) is 95.0 Å². The van der Waals surface area contributed by atoms with Gasteiger partial charge in [-0.1, -0.05) is 75.4 Å². The van der Waals surface area contributed by atoms with Crippen LogP contribution in [0.5, 0.6) is 0 Å². The van der Waals surface area contributed by atoms with Crippen molar-refractivity contribution in [1.82, 2.24) is 0 Å². The van der Waals surface area contributed by atoms with Crippen LogP contribution in [0.2, 0.25) is 0 Å². The normalized spacial score (nSPS) is 13.1. The second-order valence-corrected chi connectivity index (χ2v) is 10.3. The number of benzene rings is 3. The van der Waals surface area contributed by atoms with E-state index in [0.29, 0.717) is 22.4 Å². The summed E-state index contributed by atoms with van der Waals surface area (Å²) in [6.45, 7) is 17.8. The Kier molecular flexibility index (Phi) is 4.91. The monoisotopic (exact) mass is 461 g/mol. The molecule has 0 aliphatic carbocycles. The molecule has 3 aromatic carbocycles. The molecule has 5 rings (SSSR count). The average molecular weight is 462 g/mol. The van der Waals surface area contributed by atoms with Crippen molar-refractivity contribution in [1.29, 1.82) is 0 Å². The van der Waals surface area contributed by atoms with Crippen LogP contribution in [-0.4, -0.2) is 0 Å². The summed E-state index contributed by atoms with van der Waals surface area (Å²) in [4.78, 5) is 3.90. The highest BCUT2D eigenvalue weighted by atomic mass is 16.3. The molecular formula is C32H31N2O+. The highest BCUT2D eigenvalue weighted by molar-refractivity contribution is 6.14. The van der Waals surface area contributed by atoms with Crippen LogP contribution >= 0.6 is 0 Å².